The first kappa shape index (κ1) is 12.4. The van der Waals surface area contributed by atoms with Crippen molar-refractivity contribution < 1.29 is 4.21 Å². The molecule has 2 nitrogen and oxygen atoms in total. The van der Waals surface area contributed by atoms with Crippen LogP contribution >= 0.6 is 0 Å². The van der Waals surface area contributed by atoms with E-state index in [9.17, 15) is 4.21 Å². The van der Waals surface area contributed by atoms with Crippen LogP contribution in [-0.4, -0.2) is 23.1 Å². The molecule has 1 N–H and O–H groups in total. The van der Waals surface area contributed by atoms with Gasteiger partial charge in [0.25, 0.3) is 0 Å². The molecule has 0 fully saturated rings. The maximum atomic E-state index is 12.0. The van der Waals surface area contributed by atoms with E-state index in [1.165, 1.54) is 5.56 Å². The molecule has 0 bridgehead atoms. The summed E-state index contributed by atoms with van der Waals surface area (Å²) in [5.41, 5.74) is 1.21. The monoisotopic (exact) mass is 225 g/mol. The Bertz CT molecular complexity index is 317. The molecule has 15 heavy (non-hydrogen) atoms. The Hall–Kier alpha value is -0.670. The van der Waals surface area contributed by atoms with E-state index < -0.39 is 10.8 Å². The molecule has 84 valence electrons. The molecule has 1 rings (SSSR count). The van der Waals surface area contributed by atoms with Crippen LogP contribution in [0, 0.1) is 6.92 Å². The number of rotatable bonds is 5. The normalized spacial score (nSPS) is 14.9. The van der Waals surface area contributed by atoms with Crippen molar-refractivity contribution in [1.29, 1.82) is 0 Å². The van der Waals surface area contributed by atoms with E-state index in [1.807, 2.05) is 38.2 Å². The van der Waals surface area contributed by atoms with Gasteiger partial charge in [0, 0.05) is 16.7 Å². The second-order valence-electron chi connectivity index (χ2n) is 3.72. The summed E-state index contributed by atoms with van der Waals surface area (Å²) in [5.74, 6) is 0.691. The summed E-state index contributed by atoms with van der Waals surface area (Å²) in [5, 5.41) is 3.17. The Labute approximate surface area is 94.5 Å². The van der Waals surface area contributed by atoms with Crippen LogP contribution in [0.5, 0.6) is 0 Å². The first-order valence-electron chi connectivity index (χ1n) is 5.29. The summed E-state index contributed by atoms with van der Waals surface area (Å²) >= 11 is 0. The quantitative estimate of drug-likeness (QED) is 0.831. The molecule has 0 aliphatic heterocycles. The van der Waals surface area contributed by atoms with Crippen LogP contribution in [0.2, 0.25) is 0 Å². The first-order valence-corrected chi connectivity index (χ1v) is 6.61. The zero-order chi connectivity index (χ0) is 11.3. The Kier molecular flexibility index (Phi) is 4.99. The fraction of sp³-hybridized carbons (Fsp3) is 0.500. The molecule has 3 heteroatoms. The van der Waals surface area contributed by atoms with Crippen molar-refractivity contribution in [2.75, 3.05) is 12.8 Å². The molecule has 0 aliphatic rings. The minimum Gasteiger partial charge on any atom is -0.316 e. The van der Waals surface area contributed by atoms with Crippen LogP contribution in [0.15, 0.2) is 29.2 Å². The van der Waals surface area contributed by atoms with Crippen molar-refractivity contribution in [2.24, 2.45) is 0 Å². The maximum absolute atomic E-state index is 12.0. The molecule has 0 aromatic heterocycles. The van der Waals surface area contributed by atoms with Crippen LogP contribution in [0.3, 0.4) is 0 Å². The van der Waals surface area contributed by atoms with Gasteiger partial charge in [0.2, 0.25) is 0 Å². The van der Waals surface area contributed by atoms with Gasteiger partial charge in [-0.1, -0.05) is 24.6 Å². The predicted molar refractivity (Wildman–Crippen MR) is 65.6 cm³/mol. The van der Waals surface area contributed by atoms with Crippen molar-refractivity contribution in [3.63, 3.8) is 0 Å². The summed E-state index contributed by atoms with van der Waals surface area (Å²) in [6.07, 6.45) is 1.01. The molecule has 0 amide bonds. The van der Waals surface area contributed by atoms with E-state index in [0.717, 1.165) is 11.3 Å². The highest BCUT2D eigenvalue weighted by Crippen LogP contribution is 2.09. The molecule has 0 spiro atoms. The first-order chi connectivity index (χ1) is 7.17. The van der Waals surface area contributed by atoms with E-state index in [1.54, 1.807) is 0 Å². The fourth-order valence-corrected chi connectivity index (χ4v) is 2.77. The van der Waals surface area contributed by atoms with Crippen LogP contribution in [0.1, 0.15) is 18.9 Å². The third-order valence-electron chi connectivity index (χ3n) is 2.54. The maximum Gasteiger partial charge on any atom is 0.0545 e. The van der Waals surface area contributed by atoms with Gasteiger partial charge in [0.05, 0.1) is 10.8 Å². The highest BCUT2D eigenvalue weighted by atomic mass is 32.2. The third-order valence-corrected chi connectivity index (χ3v) is 4.04. The summed E-state index contributed by atoms with van der Waals surface area (Å²) in [7, 11) is 1.03. The van der Waals surface area contributed by atoms with Gasteiger partial charge >= 0.3 is 0 Å². The lowest BCUT2D eigenvalue weighted by atomic mass is 10.2. The second-order valence-corrected chi connectivity index (χ2v) is 5.21. The van der Waals surface area contributed by atoms with Gasteiger partial charge in [0.1, 0.15) is 0 Å². The fourth-order valence-electron chi connectivity index (χ4n) is 1.37. The lowest BCUT2D eigenvalue weighted by Gasteiger charge is -2.13. The van der Waals surface area contributed by atoms with Crippen molar-refractivity contribution in [3.8, 4) is 0 Å². The Morgan fingerprint density at radius 3 is 2.40 bits per heavy atom. The number of hydrogen-bond acceptors (Lipinski definition) is 2. The zero-order valence-electron chi connectivity index (χ0n) is 9.62. The van der Waals surface area contributed by atoms with Gasteiger partial charge in [-0.2, -0.15) is 0 Å². The zero-order valence-corrected chi connectivity index (χ0v) is 10.4. The number of nitrogens with one attached hydrogen (secondary N) is 1. The van der Waals surface area contributed by atoms with E-state index in [-0.39, 0.29) is 0 Å². The Balaban J connectivity index is 2.64. The molecular formula is C12H19NOS. The minimum atomic E-state index is -0.884. The number of aryl methyl sites for hydroxylation is 1. The SMILES string of the molecule is CCC(CS(=O)c1ccc(C)cc1)NC. The van der Waals surface area contributed by atoms with E-state index >= 15 is 0 Å². The average Bonchev–Trinajstić information content (AvgIpc) is 2.26. The largest absolute Gasteiger partial charge is 0.316 e. The van der Waals surface area contributed by atoms with Crippen molar-refractivity contribution in [3.05, 3.63) is 29.8 Å². The molecule has 2 atom stereocenters. The number of benzene rings is 1. The molecular weight excluding hydrogens is 206 g/mol. The summed E-state index contributed by atoms with van der Waals surface area (Å²) < 4.78 is 12.0. The van der Waals surface area contributed by atoms with Gasteiger partial charge in [-0.3, -0.25) is 4.21 Å². The third kappa shape index (κ3) is 3.76. The molecule has 0 aliphatic carbocycles. The summed E-state index contributed by atoms with van der Waals surface area (Å²) in [4.78, 5) is 0.925. The average molecular weight is 225 g/mol. The molecule has 2 unspecified atom stereocenters. The lowest BCUT2D eigenvalue weighted by molar-refractivity contribution is 0.590. The van der Waals surface area contributed by atoms with Crippen LogP contribution in [-0.2, 0) is 10.8 Å². The van der Waals surface area contributed by atoms with Crippen molar-refractivity contribution >= 4 is 10.8 Å². The van der Waals surface area contributed by atoms with Gasteiger partial charge in [-0.15, -0.1) is 0 Å². The molecule has 0 saturated carbocycles. The van der Waals surface area contributed by atoms with Gasteiger partial charge in [-0.05, 0) is 32.5 Å². The highest BCUT2D eigenvalue weighted by molar-refractivity contribution is 7.85. The molecule has 0 saturated heterocycles. The number of hydrogen-bond donors (Lipinski definition) is 1. The van der Waals surface area contributed by atoms with Gasteiger partial charge < -0.3 is 5.32 Å². The van der Waals surface area contributed by atoms with E-state index in [0.29, 0.717) is 11.8 Å². The van der Waals surface area contributed by atoms with Gasteiger partial charge in [0.15, 0.2) is 0 Å². The van der Waals surface area contributed by atoms with Crippen LogP contribution in [0.4, 0.5) is 0 Å². The molecule has 1 aromatic carbocycles. The summed E-state index contributed by atoms with van der Waals surface area (Å²) in [6.45, 7) is 4.14. The smallest absolute Gasteiger partial charge is 0.0545 e. The Morgan fingerprint density at radius 1 is 1.33 bits per heavy atom. The standard InChI is InChI=1S/C12H19NOS/c1-4-11(13-3)9-15(14)12-7-5-10(2)6-8-12/h5-8,11,13H,4,9H2,1-3H3. The molecule has 0 radical (unpaired) electrons. The Morgan fingerprint density at radius 2 is 1.93 bits per heavy atom. The van der Waals surface area contributed by atoms with Crippen LogP contribution < -0.4 is 5.32 Å². The highest BCUT2D eigenvalue weighted by Gasteiger charge is 2.10. The van der Waals surface area contributed by atoms with Crippen molar-refractivity contribution in [2.45, 2.75) is 31.2 Å². The van der Waals surface area contributed by atoms with Crippen LogP contribution in [0.25, 0.3) is 0 Å². The lowest BCUT2D eigenvalue weighted by Crippen LogP contribution is -2.30. The van der Waals surface area contributed by atoms with Gasteiger partial charge in [-0.25, -0.2) is 0 Å². The predicted octanol–water partition coefficient (Wildman–Crippen LogP) is 2.10. The minimum absolute atomic E-state index is 0.340. The molecule has 0 heterocycles. The van der Waals surface area contributed by atoms with E-state index in [2.05, 4.69) is 12.2 Å². The van der Waals surface area contributed by atoms with E-state index in [4.69, 9.17) is 0 Å². The molecule has 1 aromatic rings. The second kappa shape index (κ2) is 6.03. The van der Waals surface area contributed by atoms with Crippen molar-refractivity contribution in [1.82, 2.24) is 5.32 Å². The topological polar surface area (TPSA) is 29.1 Å². The summed E-state index contributed by atoms with van der Waals surface area (Å²) in [6, 6.07) is 8.26.